The van der Waals surface area contributed by atoms with Gasteiger partial charge in [0.05, 0.1) is 20.8 Å². The molecule has 128 valence electrons. The fraction of sp³-hybridized carbons (Fsp3) is 0.211. The van der Waals surface area contributed by atoms with Gasteiger partial charge >= 0.3 is 0 Å². The third-order valence-corrected chi connectivity index (χ3v) is 6.37. The van der Waals surface area contributed by atoms with Crippen LogP contribution in [0, 0.1) is 0 Å². The van der Waals surface area contributed by atoms with Crippen molar-refractivity contribution in [3.05, 3.63) is 60.4 Å². The van der Waals surface area contributed by atoms with Crippen molar-refractivity contribution in [1.82, 2.24) is 15.3 Å². The molecule has 0 fully saturated rings. The van der Waals surface area contributed by atoms with Crippen molar-refractivity contribution in [2.75, 3.05) is 6.54 Å². The molecule has 4 rings (SSSR count). The molecule has 5 nitrogen and oxygen atoms in total. The summed E-state index contributed by atoms with van der Waals surface area (Å²) in [5.41, 5.74) is 3.44. The molecule has 0 amide bonds. The van der Waals surface area contributed by atoms with Crippen LogP contribution in [0.5, 0.6) is 0 Å². The molecule has 3 aromatic rings. The molecule has 2 aromatic heterocycles. The zero-order valence-corrected chi connectivity index (χ0v) is 14.7. The average molecular weight is 353 g/mol. The standard InChI is InChI=1S/C19H19N3O2S/c1-13-11-14(7-9-20-13)16-12-22-19-17(8-10-21-18(16)19)25(23,24)15-5-3-2-4-6-15/h2-8,10,12-13,20,22H,9,11H2,1H3. The van der Waals surface area contributed by atoms with E-state index in [2.05, 4.69) is 28.3 Å². The summed E-state index contributed by atoms with van der Waals surface area (Å²) in [5, 5.41) is 3.38. The molecule has 0 saturated carbocycles. The lowest BCUT2D eigenvalue weighted by atomic mass is 9.97. The molecule has 0 spiro atoms. The predicted octanol–water partition coefficient (Wildman–Crippen LogP) is 3.16. The minimum absolute atomic E-state index is 0.262. The highest BCUT2D eigenvalue weighted by Crippen LogP contribution is 2.32. The van der Waals surface area contributed by atoms with Gasteiger partial charge in [0.25, 0.3) is 0 Å². The van der Waals surface area contributed by atoms with Crippen LogP contribution in [-0.2, 0) is 9.84 Å². The van der Waals surface area contributed by atoms with Crippen LogP contribution in [0.1, 0.15) is 18.9 Å². The highest BCUT2D eigenvalue weighted by atomic mass is 32.2. The number of benzene rings is 1. The van der Waals surface area contributed by atoms with Crippen LogP contribution >= 0.6 is 0 Å². The normalized spacial score (nSPS) is 18.3. The van der Waals surface area contributed by atoms with Gasteiger partial charge in [-0.25, -0.2) is 8.42 Å². The number of hydrogen-bond acceptors (Lipinski definition) is 4. The molecule has 1 aromatic carbocycles. The van der Waals surface area contributed by atoms with Crippen LogP contribution < -0.4 is 5.32 Å². The molecule has 1 unspecified atom stereocenters. The highest BCUT2D eigenvalue weighted by Gasteiger charge is 2.23. The molecule has 1 atom stereocenters. The number of aromatic amines is 1. The van der Waals surface area contributed by atoms with E-state index in [9.17, 15) is 8.42 Å². The topological polar surface area (TPSA) is 74.8 Å². The SMILES string of the molecule is CC1CC(c2c[nH]c3c(S(=O)(=O)c4ccccc4)ccnc23)=CCN1. The summed E-state index contributed by atoms with van der Waals surface area (Å²) in [7, 11) is -3.60. The van der Waals surface area contributed by atoms with Gasteiger partial charge in [0.15, 0.2) is 0 Å². The first-order chi connectivity index (χ1) is 12.1. The second-order valence-corrected chi connectivity index (χ2v) is 8.21. The summed E-state index contributed by atoms with van der Waals surface area (Å²) in [6.07, 6.45) is 6.47. The Labute approximate surface area is 146 Å². The molecule has 0 aliphatic carbocycles. The number of rotatable bonds is 3. The van der Waals surface area contributed by atoms with Gasteiger partial charge in [-0.15, -0.1) is 0 Å². The summed E-state index contributed by atoms with van der Waals surface area (Å²) in [4.78, 5) is 8.14. The Kier molecular flexibility index (Phi) is 3.94. The van der Waals surface area contributed by atoms with E-state index in [0.29, 0.717) is 17.1 Å². The Morgan fingerprint density at radius 1 is 1.16 bits per heavy atom. The Bertz CT molecular complexity index is 1050. The van der Waals surface area contributed by atoms with Crippen LogP contribution in [0.2, 0.25) is 0 Å². The maximum Gasteiger partial charge on any atom is 0.208 e. The zero-order chi connectivity index (χ0) is 17.4. The lowest BCUT2D eigenvalue weighted by Gasteiger charge is -2.20. The number of fused-ring (bicyclic) bond motifs is 1. The first-order valence-electron chi connectivity index (χ1n) is 8.26. The van der Waals surface area contributed by atoms with Crippen molar-refractivity contribution in [2.45, 2.75) is 29.2 Å². The highest BCUT2D eigenvalue weighted by molar-refractivity contribution is 7.91. The summed E-state index contributed by atoms with van der Waals surface area (Å²) < 4.78 is 26.0. The number of aromatic nitrogens is 2. The largest absolute Gasteiger partial charge is 0.358 e. The fourth-order valence-corrected chi connectivity index (χ4v) is 4.72. The number of hydrogen-bond donors (Lipinski definition) is 2. The van der Waals surface area contributed by atoms with E-state index in [0.717, 1.165) is 18.5 Å². The van der Waals surface area contributed by atoms with Crippen LogP contribution in [0.3, 0.4) is 0 Å². The molecular formula is C19H19N3O2S. The molecule has 0 saturated heterocycles. The molecular weight excluding hydrogens is 334 g/mol. The van der Waals surface area contributed by atoms with E-state index >= 15 is 0 Å². The van der Waals surface area contributed by atoms with Gasteiger partial charge < -0.3 is 10.3 Å². The Morgan fingerprint density at radius 3 is 2.72 bits per heavy atom. The monoisotopic (exact) mass is 353 g/mol. The van der Waals surface area contributed by atoms with Gasteiger partial charge in [0.2, 0.25) is 9.84 Å². The predicted molar refractivity (Wildman–Crippen MR) is 98.0 cm³/mol. The first-order valence-corrected chi connectivity index (χ1v) is 9.74. The number of pyridine rings is 1. The van der Waals surface area contributed by atoms with Gasteiger partial charge in [-0.3, -0.25) is 4.98 Å². The molecule has 6 heteroatoms. The lowest BCUT2D eigenvalue weighted by molar-refractivity contribution is 0.579. The molecule has 2 N–H and O–H groups in total. The Hall–Kier alpha value is -2.44. The van der Waals surface area contributed by atoms with Crippen LogP contribution in [0.25, 0.3) is 16.6 Å². The van der Waals surface area contributed by atoms with Gasteiger partial charge in [0, 0.05) is 30.5 Å². The van der Waals surface area contributed by atoms with Crippen molar-refractivity contribution < 1.29 is 8.42 Å². The molecule has 3 heterocycles. The van der Waals surface area contributed by atoms with Gasteiger partial charge in [-0.05, 0) is 37.1 Å². The maximum atomic E-state index is 13.0. The Balaban J connectivity index is 1.87. The maximum absolute atomic E-state index is 13.0. The van der Waals surface area contributed by atoms with Crippen molar-refractivity contribution in [3.8, 4) is 0 Å². The summed E-state index contributed by atoms with van der Waals surface area (Å²) >= 11 is 0. The van der Waals surface area contributed by atoms with Crippen LogP contribution in [-0.4, -0.2) is 31.0 Å². The van der Waals surface area contributed by atoms with E-state index < -0.39 is 9.84 Å². The molecule has 25 heavy (non-hydrogen) atoms. The van der Waals surface area contributed by atoms with Crippen molar-refractivity contribution >= 4 is 26.4 Å². The lowest BCUT2D eigenvalue weighted by Crippen LogP contribution is -2.29. The van der Waals surface area contributed by atoms with Crippen LogP contribution in [0.4, 0.5) is 0 Å². The first kappa shape index (κ1) is 16.1. The number of sulfone groups is 1. The van der Waals surface area contributed by atoms with Gasteiger partial charge in [0.1, 0.15) is 0 Å². The van der Waals surface area contributed by atoms with Crippen molar-refractivity contribution in [3.63, 3.8) is 0 Å². The smallest absolute Gasteiger partial charge is 0.208 e. The average Bonchev–Trinajstić information content (AvgIpc) is 3.06. The summed E-state index contributed by atoms with van der Waals surface area (Å²) in [5.74, 6) is 0. The minimum atomic E-state index is -3.60. The third-order valence-electron chi connectivity index (χ3n) is 4.56. The van der Waals surface area contributed by atoms with E-state index in [4.69, 9.17) is 0 Å². The summed E-state index contributed by atoms with van der Waals surface area (Å²) in [6, 6.07) is 10.4. The second-order valence-electron chi connectivity index (χ2n) is 6.29. The van der Waals surface area contributed by atoms with Crippen molar-refractivity contribution in [1.29, 1.82) is 0 Å². The molecule has 1 aliphatic rings. The van der Waals surface area contributed by atoms with Gasteiger partial charge in [-0.2, -0.15) is 0 Å². The van der Waals surface area contributed by atoms with Crippen LogP contribution in [0.15, 0.2) is 64.7 Å². The molecule has 0 bridgehead atoms. The fourth-order valence-electron chi connectivity index (χ4n) is 3.28. The molecule has 1 aliphatic heterocycles. The zero-order valence-electron chi connectivity index (χ0n) is 13.9. The minimum Gasteiger partial charge on any atom is -0.358 e. The quantitative estimate of drug-likeness (QED) is 0.758. The number of nitrogens with one attached hydrogen (secondary N) is 2. The Morgan fingerprint density at radius 2 is 1.96 bits per heavy atom. The summed E-state index contributed by atoms with van der Waals surface area (Å²) in [6.45, 7) is 2.95. The van der Waals surface area contributed by atoms with E-state index in [1.807, 2.05) is 6.20 Å². The van der Waals surface area contributed by atoms with E-state index in [1.54, 1.807) is 42.6 Å². The third kappa shape index (κ3) is 2.77. The second kappa shape index (κ2) is 6.13. The van der Waals surface area contributed by atoms with Crippen molar-refractivity contribution in [2.24, 2.45) is 0 Å². The van der Waals surface area contributed by atoms with Gasteiger partial charge in [-0.1, -0.05) is 24.3 Å². The number of H-pyrrole nitrogens is 1. The number of nitrogens with zero attached hydrogens (tertiary/aromatic N) is 1. The van der Waals surface area contributed by atoms with E-state index in [1.165, 1.54) is 5.57 Å². The van der Waals surface area contributed by atoms with E-state index in [-0.39, 0.29) is 9.79 Å². The molecule has 0 radical (unpaired) electrons.